The number of rotatable bonds is 6. The van der Waals surface area contributed by atoms with Crippen LogP contribution in [-0.4, -0.2) is 37.6 Å². The van der Waals surface area contributed by atoms with E-state index in [1.165, 1.54) is 6.92 Å². The minimum atomic E-state index is -0.514. The molecule has 3 N–H and O–H groups in total. The molecule has 3 amide bonds. The topological polar surface area (TPSA) is 96.5 Å². The van der Waals surface area contributed by atoms with Crippen molar-refractivity contribution in [3.63, 3.8) is 0 Å². The number of carbonyl (C=O) groups is 3. The van der Waals surface area contributed by atoms with E-state index < -0.39 is 6.09 Å². The monoisotopic (exact) mass is 293 g/mol. The Hall–Kier alpha value is -2.57. The van der Waals surface area contributed by atoms with Crippen LogP contribution in [0, 0.1) is 0 Å². The summed E-state index contributed by atoms with van der Waals surface area (Å²) >= 11 is 0. The van der Waals surface area contributed by atoms with Crippen LogP contribution < -0.4 is 16.0 Å². The van der Waals surface area contributed by atoms with E-state index in [1.54, 1.807) is 31.2 Å². The van der Waals surface area contributed by atoms with Gasteiger partial charge in [-0.05, 0) is 25.1 Å². The standard InChI is InChI=1S/C14H19N3O4/c1-3-21-14(20)16-8-7-15-13(19)11-5-4-6-12(9-11)17-10(2)18/h4-6,9H,3,7-8H2,1-2H3,(H,15,19)(H,16,20)(H,17,18). The first kappa shape index (κ1) is 16.5. The van der Waals surface area contributed by atoms with Crippen LogP contribution in [0.25, 0.3) is 0 Å². The van der Waals surface area contributed by atoms with E-state index in [2.05, 4.69) is 20.7 Å². The molecule has 0 spiro atoms. The van der Waals surface area contributed by atoms with E-state index in [1.807, 2.05) is 0 Å². The van der Waals surface area contributed by atoms with Gasteiger partial charge in [-0.15, -0.1) is 0 Å². The number of nitrogens with one attached hydrogen (secondary N) is 3. The molecule has 0 aliphatic carbocycles. The summed E-state index contributed by atoms with van der Waals surface area (Å²) in [5, 5.41) is 7.75. The fourth-order valence-corrected chi connectivity index (χ4v) is 1.57. The normalized spacial score (nSPS) is 9.62. The van der Waals surface area contributed by atoms with Crippen molar-refractivity contribution in [2.45, 2.75) is 13.8 Å². The third-order valence-corrected chi connectivity index (χ3v) is 2.40. The van der Waals surface area contributed by atoms with Crippen molar-refractivity contribution < 1.29 is 19.1 Å². The van der Waals surface area contributed by atoms with Crippen molar-refractivity contribution >= 4 is 23.6 Å². The number of ether oxygens (including phenoxy) is 1. The van der Waals surface area contributed by atoms with Crippen molar-refractivity contribution in [1.82, 2.24) is 10.6 Å². The number of carbonyl (C=O) groups excluding carboxylic acids is 3. The maximum atomic E-state index is 11.9. The Balaban J connectivity index is 2.41. The van der Waals surface area contributed by atoms with Crippen molar-refractivity contribution in [3.8, 4) is 0 Å². The Morgan fingerprint density at radius 3 is 2.52 bits per heavy atom. The molecule has 0 unspecified atom stereocenters. The van der Waals surface area contributed by atoms with E-state index in [9.17, 15) is 14.4 Å². The van der Waals surface area contributed by atoms with Crippen molar-refractivity contribution in [2.75, 3.05) is 25.0 Å². The minimum Gasteiger partial charge on any atom is -0.450 e. The zero-order valence-corrected chi connectivity index (χ0v) is 12.1. The van der Waals surface area contributed by atoms with Crippen LogP contribution in [0.5, 0.6) is 0 Å². The second-order valence-corrected chi connectivity index (χ2v) is 4.17. The highest BCUT2D eigenvalue weighted by Gasteiger charge is 2.06. The van der Waals surface area contributed by atoms with Crippen LogP contribution in [0.1, 0.15) is 24.2 Å². The van der Waals surface area contributed by atoms with Crippen molar-refractivity contribution in [1.29, 1.82) is 0 Å². The van der Waals surface area contributed by atoms with Crippen molar-refractivity contribution in [3.05, 3.63) is 29.8 Å². The summed E-state index contributed by atoms with van der Waals surface area (Å²) in [6, 6.07) is 6.59. The molecule has 114 valence electrons. The van der Waals surface area contributed by atoms with Gasteiger partial charge in [0.05, 0.1) is 6.61 Å². The maximum Gasteiger partial charge on any atom is 0.407 e. The second kappa shape index (κ2) is 8.57. The van der Waals surface area contributed by atoms with Gasteiger partial charge in [0.2, 0.25) is 5.91 Å². The molecule has 0 bridgehead atoms. The quantitative estimate of drug-likeness (QED) is 0.685. The lowest BCUT2D eigenvalue weighted by Crippen LogP contribution is -2.35. The van der Waals surface area contributed by atoms with Gasteiger partial charge in [-0.3, -0.25) is 9.59 Å². The Morgan fingerprint density at radius 2 is 1.86 bits per heavy atom. The van der Waals surface area contributed by atoms with Crippen LogP contribution in [0.3, 0.4) is 0 Å². The molecule has 0 aliphatic heterocycles. The van der Waals surface area contributed by atoms with Gasteiger partial charge in [0.25, 0.3) is 5.91 Å². The summed E-state index contributed by atoms with van der Waals surface area (Å²) in [5.74, 6) is -0.487. The van der Waals surface area contributed by atoms with Crippen LogP contribution >= 0.6 is 0 Å². The minimum absolute atomic E-state index is 0.203. The number of amides is 3. The third kappa shape index (κ3) is 6.42. The summed E-state index contributed by atoms with van der Waals surface area (Å²) < 4.78 is 4.68. The predicted octanol–water partition coefficient (Wildman–Crippen LogP) is 1.12. The van der Waals surface area contributed by atoms with E-state index in [-0.39, 0.29) is 24.9 Å². The molecule has 21 heavy (non-hydrogen) atoms. The fourth-order valence-electron chi connectivity index (χ4n) is 1.57. The molecular formula is C14H19N3O4. The van der Waals surface area contributed by atoms with E-state index in [0.717, 1.165) is 0 Å². The number of alkyl carbamates (subject to hydrolysis) is 1. The van der Waals surface area contributed by atoms with Crippen LogP contribution in [0.4, 0.5) is 10.5 Å². The van der Waals surface area contributed by atoms with Crippen LogP contribution in [0.15, 0.2) is 24.3 Å². The van der Waals surface area contributed by atoms with Crippen molar-refractivity contribution in [2.24, 2.45) is 0 Å². The lowest BCUT2D eigenvalue weighted by atomic mass is 10.2. The van der Waals surface area contributed by atoms with Gasteiger partial charge in [0.15, 0.2) is 0 Å². The van der Waals surface area contributed by atoms with Crippen LogP contribution in [0.2, 0.25) is 0 Å². The fraction of sp³-hybridized carbons (Fsp3) is 0.357. The Morgan fingerprint density at radius 1 is 1.14 bits per heavy atom. The highest BCUT2D eigenvalue weighted by atomic mass is 16.5. The summed E-state index contributed by atoms with van der Waals surface area (Å²) in [5.41, 5.74) is 0.984. The second-order valence-electron chi connectivity index (χ2n) is 4.17. The number of hydrogen-bond acceptors (Lipinski definition) is 4. The molecule has 7 nitrogen and oxygen atoms in total. The smallest absolute Gasteiger partial charge is 0.407 e. The van der Waals surface area contributed by atoms with E-state index in [4.69, 9.17) is 0 Å². The highest BCUT2D eigenvalue weighted by Crippen LogP contribution is 2.10. The molecule has 0 radical (unpaired) electrons. The summed E-state index contributed by atoms with van der Waals surface area (Å²) in [6.45, 7) is 3.96. The lowest BCUT2D eigenvalue weighted by molar-refractivity contribution is -0.114. The Kier molecular flexibility index (Phi) is 6.73. The predicted molar refractivity (Wildman–Crippen MR) is 78.1 cm³/mol. The van der Waals surface area contributed by atoms with Gasteiger partial charge in [-0.1, -0.05) is 6.07 Å². The van der Waals surface area contributed by atoms with Gasteiger partial charge in [-0.2, -0.15) is 0 Å². The first-order valence-corrected chi connectivity index (χ1v) is 6.59. The molecule has 0 saturated heterocycles. The third-order valence-electron chi connectivity index (χ3n) is 2.40. The molecule has 0 saturated carbocycles. The number of hydrogen-bond donors (Lipinski definition) is 3. The molecule has 1 aromatic rings. The van der Waals surface area contributed by atoms with Gasteiger partial charge >= 0.3 is 6.09 Å². The zero-order chi connectivity index (χ0) is 15.7. The van der Waals surface area contributed by atoms with Gasteiger partial charge < -0.3 is 20.7 Å². The van der Waals surface area contributed by atoms with Gasteiger partial charge in [0.1, 0.15) is 0 Å². The van der Waals surface area contributed by atoms with Gasteiger partial charge in [0, 0.05) is 31.3 Å². The largest absolute Gasteiger partial charge is 0.450 e. The first-order chi connectivity index (χ1) is 10.0. The van der Waals surface area contributed by atoms with Gasteiger partial charge in [-0.25, -0.2) is 4.79 Å². The first-order valence-electron chi connectivity index (χ1n) is 6.59. The SMILES string of the molecule is CCOC(=O)NCCNC(=O)c1cccc(NC(C)=O)c1. The molecule has 0 aromatic heterocycles. The highest BCUT2D eigenvalue weighted by molar-refractivity contribution is 5.96. The molecule has 1 aromatic carbocycles. The molecule has 1 rings (SSSR count). The molecule has 0 aliphatic rings. The van der Waals surface area contributed by atoms with E-state index in [0.29, 0.717) is 17.9 Å². The van der Waals surface area contributed by atoms with Crippen LogP contribution in [-0.2, 0) is 9.53 Å². The molecule has 0 heterocycles. The summed E-state index contributed by atoms with van der Waals surface area (Å²) in [6.07, 6.45) is -0.514. The summed E-state index contributed by atoms with van der Waals surface area (Å²) in [7, 11) is 0. The Bertz CT molecular complexity index is 517. The summed E-state index contributed by atoms with van der Waals surface area (Å²) in [4.78, 5) is 33.9. The Labute approximate surface area is 123 Å². The van der Waals surface area contributed by atoms with E-state index >= 15 is 0 Å². The maximum absolute atomic E-state index is 11.9. The molecule has 7 heteroatoms. The number of benzene rings is 1. The molecule has 0 atom stereocenters. The molecule has 0 fully saturated rings. The average molecular weight is 293 g/mol. The zero-order valence-electron chi connectivity index (χ0n) is 12.1. The molecular weight excluding hydrogens is 274 g/mol. The average Bonchev–Trinajstić information content (AvgIpc) is 2.43. The number of anilines is 1. The lowest BCUT2D eigenvalue weighted by Gasteiger charge is -2.08.